The van der Waals surface area contributed by atoms with Gasteiger partial charge < -0.3 is 5.11 Å². The number of rotatable bonds is 4. The predicted molar refractivity (Wildman–Crippen MR) is 89.3 cm³/mol. The van der Waals surface area contributed by atoms with E-state index in [1.807, 2.05) is 24.6 Å². The first-order valence-electron chi connectivity index (χ1n) is 7.24. The van der Waals surface area contributed by atoms with Gasteiger partial charge in [0.1, 0.15) is 0 Å². The van der Waals surface area contributed by atoms with E-state index in [9.17, 15) is 5.11 Å². The molecule has 0 fully saturated rings. The molecule has 1 N–H and O–H groups in total. The SMILES string of the molecule is CCn1nc(C)c(Cl)c1CC(O)c1ccc(C(C)(C)C)s1. The molecular formula is C16H23ClN2OS. The highest BCUT2D eigenvalue weighted by Gasteiger charge is 2.21. The third kappa shape index (κ3) is 3.50. The zero-order chi connectivity index (χ0) is 15.8. The lowest BCUT2D eigenvalue weighted by atomic mass is 9.95. The van der Waals surface area contributed by atoms with Gasteiger partial charge in [0.25, 0.3) is 0 Å². The maximum atomic E-state index is 10.5. The van der Waals surface area contributed by atoms with Gasteiger partial charge in [-0.1, -0.05) is 32.4 Å². The Morgan fingerprint density at radius 2 is 2.05 bits per heavy atom. The van der Waals surface area contributed by atoms with Crippen molar-refractivity contribution in [1.82, 2.24) is 9.78 Å². The van der Waals surface area contributed by atoms with E-state index in [2.05, 4.69) is 31.9 Å². The number of hydrogen-bond acceptors (Lipinski definition) is 3. The average molecular weight is 327 g/mol. The van der Waals surface area contributed by atoms with Gasteiger partial charge in [-0.2, -0.15) is 5.10 Å². The Morgan fingerprint density at radius 1 is 1.38 bits per heavy atom. The Labute approximate surface area is 135 Å². The van der Waals surface area contributed by atoms with Crippen LogP contribution in [0.1, 0.15) is 54.9 Å². The Hall–Kier alpha value is -0.840. The normalized spacial score (nSPS) is 13.7. The first-order valence-corrected chi connectivity index (χ1v) is 8.43. The first-order chi connectivity index (χ1) is 9.74. The second kappa shape index (κ2) is 6.11. The molecule has 0 amide bonds. The van der Waals surface area contributed by atoms with Gasteiger partial charge in [0, 0.05) is 22.7 Å². The molecule has 116 valence electrons. The van der Waals surface area contributed by atoms with Crippen LogP contribution >= 0.6 is 22.9 Å². The molecule has 2 aromatic heterocycles. The Balaban J connectivity index is 2.22. The van der Waals surface area contributed by atoms with E-state index in [0.717, 1.165) is 22.8 Å². The van der Waals surface area contributed by atoms with E-state index >= 15 is 0 Å². The minimum atomic E-state index is -0.537. The summed E-state index contributed by atoms with van der Waals surface area (Å²) in [6, 6.07) is 4.12. The minimum Gasteiger partial charge on any atom is -0.387 e. The van der Waals surface area contributed by atoms with Crippen molar-refractivity contribution in [3.8, 4) is 0 Å². The summed E-state index contributed by atoms with van der Waals surface area (Å²) in [6.45, 7) is 11.2. The van der Waals surface area contributed by atoms with Crippen molar-refractivity contribution >= 4 is 22.9 Å². The molecule has 0 bridgehead atoms. The molecule has 0 radical (unpaired) electrons. The van der Waals surface area contributed by atoms with Gasteiger partial charge in [-0.25, -0.2) is 0 Å². The van der Waals surface area contributed by atoms with Crippen molar-refractivity contribution in [2.75, 3.05) is 0 Å². The Kier molecular flexibility index (Phi) is 4.81. The van der Waals surface area contributed by atoms with Gasteiger partial charge in [-0.15, -0.1) is 11.3 Å². The third-order valence-corrected chi connectivity index (χ3v) is 5.64. The lowest BCUT2D eigenvalue weighted by Crippen LogP contribution is -2.09. The summed E-state index contributed by atoms with van der Waals surface area (Å²) >= 11 is 7.98. The second-order valence-electron chi connectivity index (χ2n) is 6.33. The van der Waals surface area contributed by atoms with E-state index in [1.54, 1.807) is 11.3 Å². The zero-order valence-electron chi connectivity index (χ0n) is 13.3. The molecule has 0 saturated heterocycles. The smallest absolute Gasteiger partial charge is 0.0937 e. The van der Waals surface area contributed by atoms with E-state index in [-0.39, 0.29) is 5.41 Å². The summed E-state index contributed by atoms with van der Waals surface area (Å²) < 4.78 is 1.87. The van der Waals surface area contributed by atoms with E-state index < -0.39 is 6.10 Å². The largest absolute Gasteiger partial charge is 0.387 e. The van der Waals surface area contributed by atoms with Crippen LogP contribution in [0.2, 0.25) is 5.02 Å². The molecular weight excluding hydrogens is 304 g/mol. The summed E-state index contributed by atoms with van der Waals surface area (Å²) in [6.07, 6.45) is -0.0394. The molecule has 21 heavy (non-hydrogen) atoms. The predicted octanol–water partition coefficient (Wildman–Crippen LogP) is 4.50. The number of nitrogens with zero attached hydrogens (tertiary/aromatic N) is 2. The molecule has 0 saturated carbocycles. The van der Waals surface area contributed by atoms with Crippen LogP contribution < -0.4 is 0 Å². The van der Waals surface area contributed by atoms with Gasteiger partial charge >= 0.3 is 0 Å². The van der Waals surface area contributed by atoms with Gasteiger partial charge in [-0.3, -0.25) is 4.68 Å². The molecule has 2 heterocycles. The molecule has 0 aliphatic rings. The van der Waals surface area contributed by atoms with Crippen LogP contribution in [0.15, 0.2) is 12.1 Å². The van der Waals surface area contributed by atoms with Crippen molar-refractivity contribution in [3.05, 3.63) is 38.3 Å². The highest BCUT2D eigenvalue weighted by atomic mass is 35.5. The van der Waals surface area contributed by atoms with Crippen molar-refractivity contribution in [2.45, 2.75) is 59.1 Å². The monoisotopic (exact) mass is 326 g/mol. The highest BCUT2D eigenvalue weighted by Crippen LogP contribution is 2.34. The molecule has 0 aliphatic carbocycles. The number of aliphatic hydroxyl groups is 1. The minimum absolute atomic E-state index is 0.113. The third-order valence-electron chi connectivity index (χ3n) is 3.53. The van der Waals surface area contributed by atoms with Crippen LogP contribution in [0.4, 0.5) is 0 Å². The molecule has 1 atom stereocenters. The summed E-state index contributed by atoms with van der Waals surface area (Å²) in [4.78, 5) is 2.26. The van der Waals surface area contributed by atoms with Crippen LogP contribution in [-0.2, 0) is 18.4 Å². The van der Waals surface area contributed by atoms with Crippen molar-refractivity contribution < 1.29 is 5.11 Å². The van der Waals surface area contributed by atoms with Gasteiger partial charge in [0.15, 0.2) is 0 Å². The van der Waals surface area contributed by atoms with Crippen molar-refractivity contribution in [1.29, 1.82) is 0 Å². The Bertz CT molecular complexity index is 625. The number of thiophene rings is 1. The molecule has 0 aromatic carbocycles. The molecule has 2 rings (SSSR count). The molecule has 3 nitrogen and oxygen atoms in total. The van der Waals surface area contributed by atoms with Gasteiger partial charge in [-0.05, 0) is 31.4 Å². The standard InChI is InChI=1S/C16H23ClN2OS/c1-6-19-11(15(17)10(2)18-19)9-12(20)13-7-8-14(21-13)16(3,4)5/h7-8,12,20H,6,9H2,1-5H3. The van der Waals surface area contributed by atoms with Crippen molar-refractivity contribution in [2.24, 2.45) is 0 Å². The summed E-state index contributed by atoms with van der Waals surface area (Å²) in [5.74, 6) is 0. The maximum Gasteiger partial charge on any atom is 0.0937 e. The Morgan fingerprint density at radius 3 is 2.57 bits per heavy atom. The molecule has 2 aromatic rings. The van der Waals surface area contributed by atoms with E-state index in [4.69, 9.17) is 11.6 Å². The number of aryl methyl sites for hydroxylation is 2. The lowest BCUT2D eigenvalue weighted by molar-refractivity contribution is 0.179. The fourth-order valence-corrected chi connectivity index (χ4v) is 3.55. The fraction of sp³-hybridized carbons (Fsp3) is 0.562. The molecule has 0 aliphatic heterocycles. The topological polar surface area (TPSA) is 38.0 Å². The second-order valence-corrected chi connectivity index (χ2v) is 7.83. The molecule has 5 heteroatoms. The fourth-order valence-electron chi connectivity index (χ4n) is 2.28. The first kappa shape index (κ1) is 16.5. The maximum absolute atomic E-state index is 10.5. The summed E-state index contributed by atoms with van der Waals surface area (Å²) in [5, 5.41) is 15.6. The number of aromatic nitrogens is 2. The van der Waals surface area contributed by atoms with Crippen LogP contribution in [0, 0.1) is 6.92 Å². The number of halogens is 1. The van der Waals surface area contributed by atoms with Crippen LogP contribution in [0.5, 0.6) is 0 Å². The molecule has 1 unspecified atom stereocenters. The highest BCUT2D eigenvalue weighted by molar-refractivity contribution is 7.12. The lowest BCUT2D eigenvalue weighted by Gasteiger charge is -2.16. The quantitative estimate of drug-likeness (QED) is 0.898. The van der Waals surface area contributed by atoms with Crippen LogP contribution in [0.25, 0.3) is 0 Å². The average Bonchev–Trinajstić information content (AvgIpc) is 2.98. The zero-order valence-corrected chi connectivity index (χ0v) is 14.8. The van der Waals surface area contributed by atoms with Gasteiger partial charge in [0.2, 0.25) is 0 Å². The number of hydrogen-bond donors (Lipinski definition) is 1. The van der Waals surface area contributed by atoms with E-state index in [0.29, 0.717) is 11.4 Å². The van der Waals surface area contributed by atoms with Crippen LogP contribution in [-0.4, -0.2) is 14.9 Å². The summed E-state index contributed by atoms with van der Waals surface area (Å²) in [5.41, 5.74) is 1.85. The van der Waals surface area contributed by atoms with Gasteiger partial charge in [0.05, 0.1) is 22.5 Å². The van der Waals surface area contributed by atoms with Crippen LogP contribution in [0.3, 0.4) is 0 Å². The van der Waals surface area contributed by atoms with E-state index in [1.165, 1.54) is 4.88 Å². The van der Waals surface area contributed by atoms with Crippen molar-refractivity contribution in [3.63, 3.8) is 0 Å². The summed E-state index contributed by atoms with van der Waals surface area (Å²) in [7, 11) is 0. The molecule has 0 spiro atoms. The number of aliphatic hydroxyl groups excluding tert-OH is 1.